The van der Waals surface area contributed by atoms with Gasteiger partial charge in [-0.1, -0.05) is 84.9 Å². The molecular weight excluding hydrogens is 520 g/mol. The van der Waals surface area contributed by atoms with Gasteiger partial charge in [0.1, 0.15) is 36.9 Å². The topological polar surface area (TPSA) is 109 Å². The Labute approximate surface area is 241 Å². The molecule has 4 rings (SSSR count). The number of hydrogen-bond acceptors (Lipinski definition) is 7. The highest BCUT2D eigenvalue weighted by atomic mass is 16.5. The van der Waals surface area contributed by atoms with Crippen molar-refractivity contribution in [1.29, 1.82) is 0 Å². The molecule has 4 aromatic rings. The molecule has 0 aliphatic carbocycles. The van der Waals surface area contributed by atoms with E-state index in [2.05, 4.69) is 0 Å². The fourth-order valence-electron chi connectivity index (χ4n) is 4.40. The highest BCUT2D eigenvalue weighted by Gasteiger charge is 2.28. The maximum atomic E-state index is 10.5. The Hall–Kier alpha value is -3.72. The number of rotatable bonds is 16. The van der Waals surface area contributed by atoms with Crippen molar-refractivity contribution < 1.29 is 34.6 Å². The van der Waals surface area contributed by atoms with Gasteiger partial charge in [0.05, 0.1) is 25.4 Å². The monoisotopic (exact) mass is 558 g/mol. The molecule has 0 heterocycles. The SMILES string of the molecule is OCC(O)C(Cc1ccc(OCc2ccccc2)cc1)OC(Cc1ccc(OCc2ccccc2)cc1)C(O)CO. The van der Waals surface area contributed by atoms with Crippen molar-refractivity contribution in [2.75, 3.05) is 13.2 Å². The van der Waals surface area contributed by atoms with Gasteiger partial charge in [-0.2, -0.15) is 0 Å². The highest BCUT2D eigenvalue weighted by Crippen LogP contribution is 2.21. The van der Waals surface area contributed by atoms with Crippen molar-refractivity contribution in [3.8, 4) is 11.5 Å². The van der Waals surface area contributed by atoms with E-state index >= 15 is 0 Å². The standard InChI is InChI=1S/C34H38O7/c35-21-31(37)33(19-25-11-15-29(16-12-25)39-23-27-7-3-1-4-8-27)41-34(32(38)22-36)20-26-13-17-30(18-14-26)40-24-28-9-5-2-6-10-28/h1-18,31-38H,19-24H2. The molecule has 0 saturated heterocycles. The van der Waals surface area contributed by atoms with Gasteiger partial charge >= 0.3 is 0 Å². The molecule has 0 aliphatic heterocycles. The molecule has 216 valence electrons. The van der Waals surface area contributed by atoms with Crippen LogP contribution in [-0.2, 0) is 30.8 Å². The summed E-state index contributed by atoms with van der Waals surface area (Å²) in [4.78, 5) is 0. The van der Waals surface area contributed by atoms with Gasteiger partial charge in [0, 0.05) is 12.8 Å². The van der Waals surface area contributed by atoms with Gasteiger partial charge in [0.15, 0.2) is 0 Å². The summed E-state index contributed by atoms with van der Waals surface area (Å²) in [5, 5.41) is 40.5. The molecule has 41 heavy (non-hydrogen) atoms. The smallest absolute Gasteiger partial charge is 0.119 e. The molecule has 4 N–H and O–H groups in total. The maximum Gasteiger partial charge on any atom is 0.119 e. The van der Waals surface area contributed by atoms with E-state index in [-0.39, 0.29) is 0 Å². The second kappa shape index (κ2) is 15.9. The molecule has 7 heteroatoms. The summed E-state index contributed by atoms with van der Waals surface area (Å²) in [6.07, 6.45) is -3.38. The zero-order valence-electron chi connectivity index (χ0n) is 23.0. The summed E-state index contributed by atoms with van der Waals surface area (Å²) in [5.74, 6) is 1.42. The Morgan fingerprint density at radius 1 is 0.463 bits per heavy atom. The lowest BCUT2D eigenvalue weighted by Crippen LogP contribution is -2.43. The molecule has 0 aromatic heterocycles. The first-order valence-corrected chi connectivity index (χ1v) is 13.8. The fourth-order valence-corrected chi connectivity index (χ4v) is 4.40. The summed E-state index contributed by atoms with van der Waals surface area (Å²) in [7, 11) is 0. The van der Waals surface area contributed by atoms with E-state index in [9.17, 15) is 20.4 Å². The zero-order valence-corrected chi connectivity index (χ0v) is 23.0. The summed E-state index contributed by atoms with van der Waals surface area (Å²) in [6.45, 7) is -0.0946. The molecule has 0 saturated carbocycles. The van der Waals surface area contributed by atoms with Crippen LogP contribution in [0.25, 0.3) is 0 Å². The van der Waals surface area contributed by atoms with Gasteiger partial charge < -0.3 is 34.6 Å². The third-order valence-electron chi connectivity index (χ3n) is 6.80. The second-order valence-corrected chi connectivity index (χ2v) is 9.96. The van der Waals surface area contributed by atoms with E-state index in [1.54, 1.807) is 0 Å². The van der Waals surface area contributed by atoms with Gasteiger partial charge in [0.25, 0.3) is 0 Å². The van der Waals surface area contributed by atoms with Crippen LogP contribution < -0.4 is 9.47 Å². The summed E-state index contributed by atoms with van der Waals surface area (Å²) in [5.41, 5.74) is 3.87. The molecular formula is C34H38O7. The molecule has 4 aromatic carbocycles. The molecule has 0 aliphatic rings. The third kappa shape index (κ3) is 9.70. The Kier molecular flexibility index (Phi) is 11.7. The third-order valence-corrected chi connectivity index (χ3v) is 6.80. The lowest BCUT2D eigenvalue weighted by Gasteiger charge is -2.30. The summed E-state index contributed by atoms with van der Waals surface area (Å²) in [6, 6.07) is 34.7. The Balaban J connectivity index is 1.36. The average molecular weight is 559 g/mol. The van der Waals surface area contributed by atoms with Crippen LogP contribution in [0.15, 0.2) is 109 Å². The van der Waals surface area contributed by atoms with Crippen LogP contribution in [0.1, 0.15) is 22.3 Å². The van der Waals surface area contributed by atoms with Gasteiger partial charge in [-0.3, -0.25) is 0 Å². The van der Waals surface area contributed by atoms with E-state index in [4.69, 9.17) is 14.2 Å². The van der Waals surface area contributed by atoms with E-state index < -0.39 is 37.6 Å². The molecule has 4 atom stereocenters. The molecule has 7 nitrogen and oxygen atoms in total. The number of benzene rings is 4. The van der Waals surface area contributed by atoms with E-state index in [1.807, 2.05) is 109 Å². The first kappa shape index (κ1) is 30.2. The minimum Gasteiger partial charge on any atom is -0.489 e. The highest BCUT2D eigenvalue weighted by molar-refractivity contribution is 5.29. The fraction of sp³-hybridized carbons (Fsp3) is 0.294. The maximum absolute atomic E-state index is 10.5. The van der Waals surface area contributed by atoms with E-state index in [0.717, 1.165) is 22.3 Å². The molecule has 4 unspecified atom stereocenters. The van der Waals surface area contributed by atoms with Gasteiger partial charge in [-0.25, -0.2) is 0 Å². The molecule has 0 radical (unpaired) electrons. The van der Waals surface area contributed by atoms with Gasteiger partial charge in [-0.15, -0.1) is 0 Å². The molecule has 0 amide bonds. The van der Waals surface area contributed by atoms with Crippen LogP contribution in [0.2, 0.25) is 0 Å². The quantitative estimate of drug-likeness (QED) is 0.164. The van der Waals surface area contributed by atoms with E-state index in [0.29, 0.717) is 37.6 Å². The lowest BCUT2D eigenvalue weighted by atomic mass is 10.0. The predicted molar refractivity (Wildman–Crippen MR) is 157 cm³/mol. The van der Waals surface area contributed by atoms with Crippen molar-refractivity contribution in [3.63, 3.8) is 0 Å². The molecule has 0 spiro atoms. The molecule has 0 fully saturated rings. The van der Waals surface area contributed by atoms with Gasteiger partial charge in [-0.05, 0) is 46.5 Å². The van der Waals surface area contributed by atoms with Crippen molar-refractivity contribution in [1.82, 2.24) is 0 Å². The first-order chi connectivity index (χ1) is 20.0. The largest absolute Gasteiger partial charge is 0.489 e. The lowest BCUT2D eigenvalue weighted by molar-refractivity contribution is -0.131. The average Bonchev–Trinajstić information content (AvgIpc) is 3.03. The van der Waals surface area contributed by atoms with Crippen LogP contribution in [0.5, 0.6) is 11.5 Å². The minimum absolute atomic E-state index is 0.293. The van der Waals surface area contributed by atoms with Gasteiger partial charge in [0.2, 0.25) is 0 Å². The predicted octanol–water partition coefficient (Wildman–Crippen LogP) is 4.09. The van der Waals surface area contributed by atoms with Crippen LogP contribution in [-0.4, -0.2) is 58.1 Å². The van der Waals surface area contributed by atoms with Crippen molar-refractivity contribution in [2.24, 2.45) is 0 Å². The van der Waals surface area contributed by atoms with Crippen molar-refractivity contribution in [3.05, 3.63) is 131 Å². The van der Waals surface area contributed by atoms with Crippen LogP contribution in [0, 0.1) is 0 Å². The number of hydrogen-bond donors (Lipinski definition) is 4. The Morgan fingerprint density at radius 3 is 1.17 bits per heavy atom. The first-order valence-electron chi connectivity index (χ1n) is 13.8. The number of aliphatic hydroxyl groups is 4. The molecule has 0 bridgehead atoms. The minimum atomic E-state index is -1.17. The van der Waals surface area contributed by atoms with Crippen molar-refractivity contribution >= 4 is 0 Å². The normalized spacial score (nSPS) is 14.1. The Morgan fingerprint density at radius 2 is 0.829 bits per heavy atom. The number of ether oxygens (including phenoxy) is 3. The van der Waals surface area contributed by atoms with E-state index in [1.165, 1.54) is 0 Å². The van der Waals surface area contributed by atoms with Crippen LogP contribution in [0.3, 0.4) is 0 Å². The summed E-state index contributed by atoms with van der Waals surface area (Å²) < 4.78 is 17.9. The van der Waals surface area contributed by atoms with Crippen LogP contribution >= 0.6 is 0 Å². The Bertz CT molecular complexity index is 1160. The van der Waals surface area contributed by atoms with Crippen molar-refractivity contribution in [2.45, 2.75) is 50.5 Å². The second-order valence-electron chi connectivity index (χ2n) is 9.96. The number of aliphatic hydroxyl groups excluding tert-OH is 4. The van der Waals surface area contributed by atoms with Crippen LogP contribution in [0.4, 0.5) is 0 Å². The summed E-state index contributed by atoms with van der Waals surface area (Å²) >= 11 is 0. The zero-order chi connectivity index (χ0) is 28.9.